The van der Waals surface area contributed by atoms with Crippen LogP contribution in [0.25, 0.3) is 65.2 Å². The van der Waals surface area contributed by atoms with Gasteiger partial charge in [-0.3, -0.25) is 19.2 Å². The van der Waals surface area contributed by atoms with Gasteiger partial charge in [-0.25, -0.2) is 0 Å². The van der Waals surface area contributed by atoms with Crippen LogP contribution in [0, 0.1) is 0 Å². The van der Waals surface area contributed by atoms with Gasteiger partial charge < -0.3 is 9.55 Å². The topological polar surface area (TPSA) is 89.0 Å². The van der Waals surface area contributed by atoms with Crippen molar-refractivity contribution in [1.29, 1.82) is 0 Å². The molecule has 0 bridgehead atoms. The summed E-state index contributed by atoms with van der Waals surface area (Å²) in [5, 5.41) is 2.88. The van der Waals surface area contributed by atoms with Crippen molar-refractivity contribution in [1.82, 2.24) is 9.55 Å². The highest BCUT2D eigenvalue weighted by atomic mass is 16.1. The van der Waals surface area contributed by atoms with Crippen LogP contribution in [0.15, 0.2) is 92.0 Å². The monoisotopic (exact) mass is 458 g/mol. The summed E-state index contributed by atoms with van der Waals surface area (Å²) in [6.07, 6.45) is 0. The quantitative estimate of drug-likeness (QED) is 0.270. The highest BCUT2D eigenvalue weighted by molar-refractivity contribution is 6.15. The zero-order valence-electron chi connectivity index (χ0n) is 18.5. The van der Waals surface area contributed by atoms with Gasteiger partial charge in [-0.15, -0.1) is 0 Å². The van der Waals surface area contributed by atoms with E-state index < -0.39 is 0 Å². The Morgan fingerprint density at radius 1 is 0.571 bits per heavy atom. The standard InChI is InChI=1S/C29H16N2O4.H2/c1-31-21-13-11-18-22(28(34)16-8-4-2-6-14(16)26(18)32)24(21)30-20-12-10-19-23(25(20)31)29(35)17-9-5-3-7-15(17)27(19)33;/h2-13,30H,1H3;1H. The molecule has 0 amide bonds. The molecule has 6 aromatic carbocycles. The van der Waals surface area contributed by atoms with Gasteiger partial charge in [-0.05, 0) is 24.3 Å². The molecule has 0 saturated heterocycles. The fourth-order valence-electron chi connectivity index (χ4n) is 5.46. The number of nitrogens with one attached hydrogen (secondary N) is 1. The zero-order chi connectivity index (χ0) is 24.0. The molecule has 0 aliphatic carbocycles. The van der Waals surface area contributed by atoms with Crippen molar-refractivity contribution in [3.8, 4) is 0 Å². The van der Waals surface area contributed by atoms with Crippen molar-refractivity contribution in [2.45, 2.75) is 0 Å². The molecule has 0 aliphatic heterocycles. The Morgan fingerprint density at radius 3 is 1.66 bits per heavy atom. The minimum atomic E-state index is -0.227. The molecule has 0 unspecified atom stereocenters. The van der Waals surface area contributed by atoms with Crippen LogP contribution in [0.1, 0.15) is 1.43 Å². The number of fused-ring (bicyclic) bond motifs is 8. The highest BCUT2D eigenvalue weighted by Crippen LogP contribution is 2.28. The second-order valence-electron chi connectivity index (χ2n) is 8.86. The maximum absolute atomic E-state index is 13.5. The predicted octanol–water partition coefficient (Wildman–Crippen LogP) is 4.40. The van der Waals surface area contributed by atoms with Gasteiger partial charge in [0.05, 0.1) is 32.8 Å². The fourth-order valence-corrected chi connectivity index (χ4v) is 5.46. The number of aromatic amines is 1. The first kappa shape index (κ1) is 19.6. The average Bonchev–Trinajstić information content (AvgIpc) is 2.89. The summed E-state index contributed by atoms with van der Waals surface area (Å²) >= 11 is 0. The molecule has 6 nitrogen and oxygen atoms in total. The Labute approximate surface area is 197 Å². The van der Waals surface area contributed by atoms with Crippen LogP contribution in [0.5, 0.6) is 0 Å². The summed E-state index contributed by atoms with van der Waals surface area (Å²) in [5.74, 6) is 0. The molecule has 6 heteroatoms. The Balaban J connectivity index is 0.00000240. The van der Waals surface area contributed by atoms with Gasteiger partial charge in [0.25, 0.3) is 0 Å². The molecule has 168 valence electrons. The van der Waals surface area contributed by atoms with Gasteiger partial charge in [0.1, 0.15) is 0 Å². The molecule has 0 fully saturated rings. The van der Waals surface area contributed by atoms with Crippen LogP contribution in [-0.2, 0) is 7.05 Å². The number of rotatable bonds is 0. The minimum Gasteiger partial charge on any atom is -0.351 e. The van der Waals surface area contributed by atoms with E-state index in [1.165, 1.54) is 0 Å². The second kappa shape index (κ2) is 6.61. The number of hydrogen-bond donors (Lipinski definition) is 1. The molecule has 1 N–H and O–H groups in total. The van der Waals surface area contributed by atoms with E-state index in [2.05, 4.69) is 4.98 Å². The first-order valence-corrected chi connectivity index (χ1v) is 11.2. The number of H-pyrrole nitrogens is 1. The first-order valence-electron chi connectivity index (χ1n) is 11.2. The third-order valence-electron chi connectivity index (χ3n) is 7.09. The van der Waals surface area contributed by atoms with E-state index in [-0.39, 0.29) is 23.1 Å². The van der Waals surface area contributed by atoms with E-state index in [9.17, 15) is 19.2 Å². The van der Waals surface area contributed by atoms with Gasteiger partial charge in [0.15, 0.2) is 21.7 Å². The Kier molecular flexibility index (Phi) is 3.70. The molecule has 0 atom stereocenters. The Bertz CT molecular complexity index is 2320. The second-order valence-corrected chi connectivity index (χ2v) is 8.86. The summed E-state index contributed by atoms with van der Waals surface area (Å²) in [5.41, 5.74) is 1.47. The molecule has 7 rings (SSSR count). The van der Waals surface area contributed by atoms with Crippen LogP contribution in [0.4, 0.5) is 0 Å². The maximum atomic E-state index is 13.5. The molecule has 0 spiro atoms. The Morgan fingerprint density at radius 2 is 1.06 bits per heavy atom. The van der Waals surface area contributed by atoms with Crippen molar-refractivity contribution in [3.05, 3.63) is 114 Å². The van der Waals surface area contributed by atoms with E-state index in [1.54, 1.807) is 79.8 Å². The van der Waals surface area contributed by atoms with E-state index in [1.807, 2.05) is 4.57 Å². The van der Waals surface area contributed by atoms with Crippen LogP contribution < -0.4 is 21.7 Å². The number of aryl methyl sites for hydroxylation is 1. The minimum absolute atomic E-state index is 0. The van der Waals surface area contributed by atoms with E-state index in [0.717, 1.165) is 0 Å². The lowest BCUT2D eigenvalue weighted by Gasteiger charge is -2.15. The van der Waals surface area contributed by atoms with E-state index in [4.69, 9.17) is 0 Å². The third kappa shape index (κ3) is 2.38. The summed E-state index contributed by atoms with van der Waals surface area (Å²) in [4.78, 5) is 56.7. The first-order chi connectivity index (χ1) is 17.0. The van der Waals surface area contributed by atoms with Crippen molar-refractivity contribution in [3.63, 3.8) is 0 Å². The zero-order valence-corrected chi connectivity index (χ0v) is 18.5. The number of nitrogens with zero attached hydrogens (tertiary/aromatic N) is 1. The van der Waals surface area contributed by atoms with Gasteiger partial charge in [0.2, 0.25) is 0 Å². The molecule has 0 saturated carbocycles. The predicted molar refractivity (Wildman–Crippen MR) is 143 cm³/mol. The van der Waals surface area contributed by atoms with Crippen LogP contribution in [0.3, 0.4) is 0 Å². The highest BCUT2D eigenvalue weighted by Gasteiger charge is 2.18. The number of aromatic nitrogens is 2. The maximum Gasteiger partial charge on any atom is 0.196 e. The molecule has 0 aliphatic rings. The average molecular weight is 458 g/mol. The molecule has 0 radical (unpaired) electrons. The molecular formula is C29H18N2O4. The summed E-state index contributed by atoms with van der Waals surface area (Å²) in [6.45, 7) is 0. The Hall–Kier alpha value is -4.84. The lowest BCUT2D eigenvalue weighted by Crippen LogP contribution is -2.16. The molecular weight excluding hydrogens is 440 g/mol. The van der Waals surface area contributed by atoms with E-state index in [0.29, 0.717) is 65.2 Å². The SMILES string of the molecule is Cn1c2ccc3c(=O)c4ccccc4c(=O)c3c2[nH]c2ccc3c(=O)c4ccccc4c(=O)c3c21.[HH]. The lowest BCUT2D eigenvalue weighted by atomic mass is 9.99. The molecule has 35 heavy (non-hydrogen) atoms. The van der Waals surface area contributed by atoms with E-state index >= 15 is 0 Å². The van der Waals surface area contributed by atoms with Crippen molar-refractivity contribution in [2.24, 2.45) is 7.05 Å². The smallest absolute Gasteiger partial charge is 0.196 e. The summed E-state index contributed by atoms with van der Waals surface area (Å²) in [6, 6.07) is 20.5. The summed E-state index contributed by atoms with van der Waals surface area (Å²) < 4.78 is 1.82. The fraction of sp³-hybridized carbons (Fsp3) is 0.0345. The molecule has 7 aromatic rings. The third-order valence-corrected chi connectivity index (χ3v) is 7.09. The van der Waals surface area contributed by atoms with Crippen LogP contribution >= 0.6 is 0 Å². The van der Waals surface area contributed by atoms with Crippen molar-refractivity contribution in [2.75, 3.05) is 0 Å². The largest absolute Gasteiger partial charge is 0.351 e. The normalized spacial score (nSPS) is 12.0. The van der Waals surface area contributed by atoms with Crippen molar-refractivity contribution >= 4 is 65.2 Å². The van der Waals surface area contributed by atoms with Gasteiger partial charge in [0, 0.05) is 40.8 Å². The van der Waals surface area contributed by atoms with Gasteiger partial charge >= 0.3 is 0 Å². The number of benzene rings is 6. The van der Waals surface area contributed by atoms with Crippen molar-refractivity contribution < 1.29 is 1.43 Å². The molecule has 1 heterocycles. The lowest BCUT2D eigenvalue weighted by molar-refractivity contribution is 1.00. The van der Waals surface area contributed by atoms with Gasteiger partial charge in [-0.2, -0.15) is 0 Å². The van der Waals surface area contributed by atoms with Crippen LogP contribution in [-0.4, -0.2) is 9.55 Å². The van der Waals surface area contributed by atoms with Gasteiger partial charge in [-0.1, -0.05) is 48.5 Å². The molecule has 1 aromatic heterocycles. The summed E-state index contributed by atoms with van der Waals surface area (Å²) in [7, 11) is 1.80. The number of hydrogen-bond acceptors (Lipinski definition) is 4. The van der Waals surface area contributed by atoms with Crippen LogP contribution in [0.2, 0.25) is 0 Å².